The zero-order chi connectivity index (χ0) is 14.5. The maximum absolute atomic E-state index is 3.49. The molecule has 19 heavy (non-hydrogen) atoms. The van der Waals surface area contributed by atoms with Crippen LogP contribution < -0.4 is 5.32 Å². The van der Waals surface area contributed by atoms with E-state index in [9.17, 15) is 0 Å². The molecule has 1 atom stereocenters. The summed E-state index contributed by atoms with van der Waals surface area (Å²) in [5.41, 5.74) is 1.63. The molecule has 0 aliphatic carbocycles. The monoisotopic (exact) mass is 326 g/mol. The van der Waals surface area contributed by atoms with Gasteiger partial charge in [0.15, 0.2) is 0 Å². The van der Waals surface area contributed by atoms with Crippen LogP contribution in [0.2, 0.25) is 0 Å². The molecule has 2 nitrogen and oxygen atoms in total. The van der Waals surface area contributed by atoms with Crippen LogP contribution in [0.3, 0.4) is 0 Å². The van der Waals surface area contributed by atoms with Gasteiger partial charge in [-0.25, -0.2) is 0 Å². The van der Waals surface area contributed by atoms with Gasteiger partial charge in [-0.05, 0) is 58.5 Å². The van der Waals surface area contributed by atoms with Crippen LogP contribution >= 0.6 is 15.9 Å². The van der Waals surface area contributed by atoms with Crippen molar-refractivity contribution in [3.05, 3.63) is 34.3 Å². The fraction of sp³-hybridized carbons (Fsp3) is 0.625. The van der Waals surface area contributed by atoms with Crippen LogP contribution in [-0.2, 0) is 0 Å². The average Bonchev–Trinajstić information content (AvgIpc) is 2.41. The first-order chi connectivity index (χ1) is 8.90. The lowest BCUT2D eigenvalue weighted by molar-refractivity contribution is 0.144. The van der Waals surface area contributed by atoms with E-state index in [2.05, 4.69) is 78.2 Å². The number of nitrogens with one attached hydrogen (secondary N) is 1. The number of nitrogens with zero attached hydrogens (tertiary/aromatic N) is 1. The normalized spacial score (nSPS) is 13.8. The minimum Gasteiger partial charge on any atom is -0.313 e. The van der Waals surface area contributed by atoms with Crippen molar-refractivity contribution in [1.82, 2.24) is 10.2 Å². The first-order valence-electron chi connectivity index (χ1n) is 7.04. The fourth-order valence-corrected chi connectivity index (χ4v) is 2.33. The maximum Gasteiger partial charge on any atom is 0.0329 e. The lowest BCUT2D eigenvalue weighted by atomic mass is 9.98. The fourth-order valence-electron chi connectivity index (χ4n) is 2.07. The molecule has 0 amide bonds. The Kier molecular flexibility index (Phi) is 6.51. The molecule has 0 saturated carbocycles. The Morgan fingerprint density at radius 1 is 1.26 bits per heavy atom. The van der Waals surface area contributed by atoms with E-state index in [1.807, 2.05) is 7.05 Å². The first-order valence-corrected chi connectivity index (χ1v) is 7.84. The van der Waals surface area contributed by atoms with Gasteiger partial charge in [-0.2, -0.15) is 0 Å². The SMILES string of the molecule is CCC(C)(C)N(C)CCC(NC)c1ccc(Br)cc1. The minimum absolute atomic E-state index is 0.276. The molecule has 0 saturated heterocycles. The van der Waals surface area contributed by atoms with Crippen molar-refractivity contribution in [2.75, 3.05) is 20.6 Å². The molecule has 3 heteroatoms. The minimum atomic E-state index is 0.276. The molecular weight excluding hydrogens is 300 g/mol. The van der Waals surface area contributed by atoms with Gasteiger partial charge in [-0.15, -0.1) is 0 Å². The third-order valence-corrected chi connectivity index (χ3v) is 4.80. The van der Waals surface area contributed by atoms with E-state index in [0.717, 1.165) is 17.4 Å². The van der Waals surface area contributed by atoms with Gasteiger partial charge in [0.2, 0.25) is 0 Å². The van der Waals surface area contributed by atoms with E-state index in [1.165, 1.54) is 12.0 Å². The Balaban J connectivity index is 2.61. The van der Waals surface area contributed by atoms with Crippen LogP contribution in [0.1, 0.15) is 45.2 Å². The van der Waals surface area contributed by atoms with Crippen LogP contribution in [0.25, 0.3) is 0 Å². The summed E-state index contributed by atoms with van der Waals surface area (Å²) in [5.74, 6) is 0. The molecule has 108 valence electrons. The van der Waals surface area contributed by atoms with E-state index < -0.39 is 0 Å². The van der Waals surface area contributed by atoms with Crippen molar-refractivity contribution in [3.8, 4) is 0 Å². The van der Waals surface area contributed by atoms with Gasteiger partial charge < -0.3 is 10.2 Å². The van der Waals surface area contributed by atoms with Gasteiger partial charge in [-0.1, -0.05) is 35.0 Å². The molecule has 1 rings (SSSR count). The summed E-state index contributed by atoms with van der Waals surface area (Å²) in [5, 5.41) is 3.42. The van der Waals surface area contributed by atoms with E-state index in [1.54, 1.807) is 0 Å². The van der Waals surface area contributed by atoms with Gasteiger partial charge in [0.25, 0.3) is 0 Å². The quantitative estimate of drug-likeness (QED) is 0.807. The molecule has 0 aromatic heterocycles. The predicted octanol–water partition coefficient (Wildman–Crippen LogP) is 4.22. The smallest absolute Gasteiger partial charge is 0.0329 e. The zero-order valence-electron chi connectivity index (χ0n) is 12.8. The third-order valence-electron chi connectivity index (χ3n) is 4.27. The topological polar surface area (TPSA) is 15.3 Å². The number of hydrogen-bond acceptors (Lipinski definition) is 2. The lowest BCUT2D eigenvalue weighted by Gasteiger charge is -2.35. The molecule has 1 aromatic rings. The highest BCUT2D eigenvalue weighted by atomic mass is 79.9. The summed E-state index contributed by atoms with van der Waals surface area (Å²) >= 11 is 3.49. The van der Waals surface area contributed by atoms with E-state index in [0.29, 0.717) is 6.04 Å². The average molecular weight is 327 g/mol. The van der Waals surface area contributed by atoms with Crippen molar-refractivity contribution in [2.24, 2.45) is 0 Å². The van der Waals surface area contributed by atoms with Crippen LogP contribution in [0.4, 0.5) is 0 Å². The van der Waals surface area contributed by atoms with E-state index in [4.69, 9.17) is 0 Å². The number of rotatable bonds is 7. The molecule has 0 spiro atoms. The van der Waals surface area contributed by atoms with E-state index >= 15 is 0 Å². The standard InChI is InChI=1S/C16H27BrN2/c1-6-16(2,3)19(5)12-11-15(18-4)13-7-9-14(17)10-8-13/h7-10,15,18H,6,11-12H2,1-5H3. The highest BCUT2D eigenvalue weighted by Gasteiger charge is 2.21. The van der Waals surface area contributed by atoms with Crippen molar-refractivity contribution < 1.29 is 0 Å². The predicted molar refractivity (Wildman–Crippen MR) is 87.6 cm³/mol. The zero-order valence-corrected chi connectivity index (χ0v) is 14.4. The molecule has 1 aromatic carbocycles. The van der Waals surface area contributed by atoms with E-state index in [-0.39, 0.29) is 5.54 Å². The Morgan fingerprint density at radius 3 is 2.32 bits per heavy atom. The summed E-state index contributed by atoms with van der Waals surface area (Å²) in [6, 6.07) is 9.02. The second kappa shape index (κ2) is 7.41. The van der Waals surface area contributed by atoms with Crippen molar-refractivity contribution in [3.63, 3.8) is 0 Å². The van der Waals surface area contributed by atoms with Gasteiger partial charge in [-0.3, -0.25) is 0 Å². The van der Waals surface area contributed by atoms with Crippen molar-refractivity contribution in [2.45, 2.75) is 45.2 Å². The molecule has 0 fully saturated rings. The molecule has 0 radical (unpaired) electrons. The number of halogens is 1. The molecule has 0 heterocycles. The number of hydrogen-bond donors (Lipinski definition) is 1. The lowest BCUT2D eigenvalue weighted by Crippen LogP contribution is -2.41. The Hall–Kier alpha value is -0.380. The third kappa shape index (κ3) is 4.90. The maximum atomic E-state index is 3.49. The summed E-state index contributed by atoms with van der Waals surface area (Å²) in [4.78, 5) is 2.45. The van der Waals surface area contributed by atoms with Gasteiger partial charge in [0.1, 0.15) is 0 Å². The molecule has 0 aliphatic heterocycles. The Morgan fingerprint density at radius 2 is 1.84 bits per heavy atom. The molecule has 1 unspecified atom stereocenters. The van der Waals surface area contributed by atoms with Gasteiger partial charge in [0.05, 0.1) is 0 Å². The molecule has 0 aliphatic rings. The Labute approximate surface area is 126 Å². The number of benzene rings is 1. The van der Waals surface area contributed by atoms with Crippen LogP contribution in [-0.4, -0.2) is 31.1 Å². The summed E-state index contributed by atoms with van der Waals surface area (Å²) in [6.45, 7) is 7.96. The first kappa shape index (κ1) is 16.7. The highest BCUT2D eigenvalue weighted by molar-refractivity contribution is 9.10. The van der Waals surface area contributed by atoms with Gasteiger partial charge in [0, 0.05) is 22.6 Å². The van der Waals surface area contributed by atoms with Gasteiger partial charge >= 0.3 is 0 Å². The Bertz CT molecular complexity index is 373. The second-order valence-electron chi connectivity index (χ2n) is 5.77. The van der Waals surface area contributed by atoms with Crippen LogP contribution in [0.15, 0.2) is 28.7 Å². The van der Waals surface area contributed by atoms with Crippen LogP contribution in [0.5, 0.6) is 0 Å². The summed E-state index contributed by atoms with van der Waals surface area (Å²) in [6.07, 6.45) is 2.30. The summed E-state index contributed by atoms with van der Waals surface area (Å²) < 4.78 is 1.13. The molecule has 1 N–H and O–H groups in total. The largest absolute Gasteiger partial charge is 0.313 e. The molecular formula is C16H27BrN2. The highest BCUT2D eigenvalue weighted by Crippen LogP contribution is 2.22. The molecule has 0 bridgehead atoms. The second-order valence-corrected chi connectivity index (χ2v) is 6.68. The van der Waals surface area contributed by atoms with Crippen LogP contribution in [0, 0.1) is 0 Å². The van der Waals surface area contributed by atoms with Crippen molar-refractivity contribution in [1.29, 1.82) is 0 Å². The van der Waals surface area contributed by atoms with Crippen molar-refractivity contribution >= 4 is 15.9 Å². The summed E-state index contributed by atoms with van der Waals surface area (Å²) in [7, 11) is 4.26.